The number of imidazole rings is 1. The summed E-state index contributed by atoms with van der Waals surface area (Å²) in [7, 11) is 1.54. The number of fused-ring (bicyclic) bond motifs is 1. The largest absolute Gasteiger partial charge is 0.479 e. The zero-order valence-corrected chi connectivity index (χ0v) is 12.8. The van der Waals surface area contributed by atoms with Gasteiger partial charge in [-0.05, 0) is 19.8 Å². The standard InChI is InChI=1S/C13H18ClN5O2/c1-8(14)11-18-10-12(16-7-17-13(10)21-2)19(11)6-4-3-5-9(15)20/h7-8H,3-6H2,1-2H3,(H2,15,20). The first kappa shape index (κ1) is 15.5. The van der Waals surface area contributed by atoms with Crippen molar-refractivity contribution in [3.05, 3.63) is 12.2 Å². The van der Waals surface area contributed by atoms with Crippen LogP contribution in [-0.2, 0) is 11.3 Å². The van der Waals surface area contributed by atoms with Crippen LogP contribution in [0, 0.1) is 0 Å². The normalized spacial score (nSPS) is 12.5. The molecular formula is C13H18ClN5O2. The van der Waals surface area contributed by atoms with Gasteiger partial charge in [-0.2, -0.15) is 4.98 Å². The Balaban J connectivity index is 2.31. The Morgan fingerprint density at radius 2 is 2.24 bits per heavy atom. The van der Waals surface area contributed by atoms with Crippen molar-refractivity contribution in [2.75, 3.05) is 7.11 Å². The second-order valence-electron chi connectivity index (χ2n) is 4.72. The lowest BCUT2D eigenvalue weighted by molar-refractivity contribution is -0.118. The molecule has 0 radical (unpaired) electrons. The summed E-state index contributed by atoms with van der Waals surface area (Å²) >= 11 is 6.19. The number of halogens is 1. The van der Waals surface area contributed by atoms with E-state index in [1.807, 2.05) is 11.5 Å². The van der Waals surface area contributed by atoms with Gasteiger partial charge >= 0.3 is 0 Å². The van der Waals surface area contributed by atoms with Gasteiger partial charge in [-0.1, -0.05) is 0 Å². The number of alkyl halides is 1. The second kappa shape index (κ2) is 6.71. The van der Waals surface area contributed by atoms with Crippen molar-refractivity contribution in [3.63, 3.8) is 0 Å². The summed E-state index contributed by atoms with van der Waals surface area (Å²) in [6.45, 7) is 2.51. The molecule has 0 aliphatic rings. The predicted octanol–water partition coefficient (Wildman–Crippen LogP) is 1.79. The maximum absolute atomic E-state index is 10.8. The van der Waals surface area contributed by atoms with Crippen LogP contribution in [0.5, 0.6) is 5.88 Å². The Morgan fingerprint density at radius 3 is 2.86 bits per heavy atom. The van der Waals surface area contributed by atoms with Crippen molar-refractivity contribution in [3.8, 4) is 5.88 Å². The number of carbonyl (C=O) groups is 1. The van der Waals surface area contributed by atoms with Crippen molar-refractivity contribution in [2.45, 2.75) is 38.1 Å². The summed E-state index contributed by atoms with van der Waals surface area (Å²) in [5, 5.41) is -0.264. The van der Waals surface area contributed by atoms with E-state index in [1.54, 1.807) is 0 Å². The minimum absolute atomic E-state index is 0.264. The minimum Gasteiger partial charge on any atom is -0.479 e. The molecule has 0 spiro atoms. The van der Waals surface area contributed by atoms with Gasteiger partial charge in [0, 0.05) is 13.0 Å². The summed E-state index contributed by atoms with van der Waals surface area (Å²) in [6.07, 6.45) is 3.31. The lowest BCUT2D eigenvalue weighted by Gasteiger charge is -2.09. The molecule has 1 unspecified atom stereocenters. The summed E-state index contributed by atoms with van der Waals surface area (Å²) in [5.74, 6) is 0.847. The number of carbonyl (C=O) groups excluding carboxylic acids is 1. The van der Waals surface area contributed by atoms with Gasteiger partial charge in [-0.25, -0.2) is 9.97 Å². The van der Waals surface area contributed by atoms with Gasteiger partial charge < -0.3 is 15.0 Å². The van der Waals surface area contributed by atoms with Crippen LogP contribution in [0.15, 0.2) is 6.33 Å². The number of amides is 1. The number of nitrogens with zero attached hydrogens (tertiary/aromatic N) is 4. The summed E-state index contributed by atoms with van der Waals surface area (Å²) in [4.78, 5) is 23.6. The predicted molar refractivity (Wildman–Crippen MR) is 79.2 cm³/mol. The molecule has 0 saturated heterocycles. The highest BCUT2D eigenvalue weighted by atomic mass is 35.5. The van der Waals surface area contributed by atoms with Gasteiger partial charge in [-0.3, -0.25) is 4.79 Å². The van der Waals surface area contributed by atoms with Crippen LogP contribution < -0.4 is 10.5 Å². The number of primary amides is 1. The Hall–Kier alpha value is -1.89. The zero-order chi connectivity index (χ0) is 15.4. The highest BCUT2D eigenvalue weighted by Gasteiger charge is 2.19. The molecule has 21 heavy (non-hydrogen) atoms. The number of ether oxygens (including phenoxy) is 1. The Morgan fingerprint density at radius 1 is 1.48 bits per heavy atom. The molecule has 7 nitrogen and oxygen atoms in total. The average Bonchev–Trinajstić information content (AvgIpc) is 2.82. The van der Waals surface area contributed by atoms with Crippen LogP contribution >= 0.6 is 11.6 Å². The van der Waals surface area contributed by atoms with E-state index in [1.165, 1.54) is 13.4 Å². The number of hydrogen-bond acceptors (Lipinski definition) is 5. The molecule has 2 rings (SSSR count). The summed E-state index contributed by atoms with van der Waals surface area (Å²) in [6, 6.07) is 0. The molecule has 0 bridgehead atoms. The Labute approximate surface area is 127 Å². The lowest BCUT2D eigenvalue weighted by atomic mass is 10.2. The molecule has 2 N–H and O–H groups in total. The zero-order valence-electron chi connectivity index (χ0n) is 12.0. The second-order valence-corrected chi connectivity index (χ2v) is 5.37. The minimum atomic E-state index is -0.291. The first-order valence-electron chi connectivity index (χ1n) is 6.72. The number of rotatable bonds is 7. The molecule has 8 heteroatoms. The van der Waals surface area contributed by atoms with E-state index in [-0.39, 0.29) is 11.3 Å². The molecule has 0 fully saturated rings. The van der Waals surface area contributed by atoms with Crippen LogP contribution in [0.1, 0.15) is 37.4 Å². The maximum Gasteiger partial charge on any atom is 0.245 e. The molecule has 2 heterocycles. The fourth-order valence-electron chi connectivity index (χ4n) is 2.18. The van der Waals surface area contributed by atoms with E-state index in [9.17, 15) is 4.79 Å². The molecule has 114 valence electrons. The molecule has 0 aromatic carbocycles. The first-order chi connectivity index (χ1) is 10.0. The van der Waals surface area contributed by atoms with E-state index in [4.69, 9.17) is 22.1 Å². The highest BCUT2D eigenvalue weighted by Crippen LogP contribution is 2.27. The molecule has 2 aromatic rings. The lowest BCUT2D eigenvalue weighted by Crippen LogP contribution is -2.11. The Bertz CT molecular complexity index is 641. The van der Waals surface area contributed by atoms with Gasteiger partial charge in [0.15, 0.2) is 11.2 Å². The van der Waals surface area contributed by atoms with Gasteiger partial charge in [0.05, 0.1) is 12.5 Å². The van der Waals surface area contributed by atoms with Crippen molar-refractivity contribution in [1.82, 2.24) is 19.5 Å². The van der Waals surface area contributed by atoms with E-state index in [2.05, 4.69) is 15.0 Å². The number of aromatic nitrogens is 4. The SMILES string of the molecule is COc1ncnc2c1nc(C(C)Cl)n2CCCCC(N)=O. The third kappa shape index (κ3) is 3.41. The first-order valence-corrected chi connectivity index (χ1v) is 7.15. The van der Waals surface area contributed by atoms with E-state index in [0.717, 1.165) is 6.42 Å². The fraction of sp³-hybridized carbons (Fsp3) is 0.538. The van der Waals surface area contributed by atoms with Gasteiger partial charge in [0.2, 0.25) is 11.8 Å². The van der Waals surface area contributed by atoms with Gasteiger partial charge in [0.25, 0.3) is 0 Å². The van der Waals surface area contributed by atoms with Crippen molar-refractivity contribution in [1.29, 1.82) is 0 Å². The third-order valence-electron chi connectivity index (χ3n) is 3.13. The maximum atomic E-state index is 10.8. The highest BCUT2D eigenvalue weighted by molar-refractivity contribution is 6.20. The van der Waals surface area contributed by atoms with Crippen LogP contribution in [0.3, 0.4) is 0 Å². The number of methoxy groups -OCH3 is 1. The Kier molecular flexibility index (Phi) is 4.95. The fourth-order valence-corrected chi connectivity index (χ4v) is 2.34. The van der Waals surface area contributed by atoms with Gasteiger partial charge in [0.1, 0.15) is 12.2 Å². The average molecular weight is 312 g/mol. The number of aryl methyl sites for hydroxylation is 1. The van der Waals surface area contributed by atoms with Crippen molar-refractivity contribution in [2.24, 2.45) is 5.73 Å². The molecule has 2 aromatic heterocycles. The van der Waals surface area contributed by atoms with Crippen molar-refractivity contribution >= 4 is 28.7 Å². The van der Waals surface area contributed by atoms with Crippen LogP contribution in [0.2, 0.25) is 0 Å². The summed E-state index contributed by atoms with van der Waals surface area (Å²) < 4.78 is 7.14. The molecule has 0 aliphatic carbocycles. The van der Waals surface area contributed by atoms with E-state index in [0.29, 0.717) is 42.3 Å². The molecule has 0 saturated carbocycles. The molecule has 0 aliphatic heterocycles. The van der Waals surface area contributed by atoms with E-state index < -0.39 is 0 Å². The number of hydrogen-bond donors (Lipinski definition) is 1. The van der Waals surface area contributed by atoms with Crippen molar-refractivity contribution < 1.29 is 9.53 Å². The van der Waals surface area contributed by atoms with Crippen LogP contribution in [0.25, 0.3) is 11.2 Å². The third-order valence-corrected chi connectivity index (χ3v) is 3.33. The number of nitrogens with two attached hydrogens (primary N) is 1. The van der Waals surface area contributed by atoms with Gasteiger partial charge in [-0.15, -0.1) is 11.6 Å². The monoisotopic (exact) mass is 311 g/mol. The topological polar surface area (TPSA) is 95.9 Å². The smallest absolute Gasteiger partial charge is 0.245 e. The molecule has 1 atom stereocenters. The molecular weight excluding hydrogens is 294 g/mol. The van der Waals surface area contributed by atoms with E-state index >= 15 is 0 Å². The number of unbranched alkanes of at least 4 members (excludes halogenated alkanes) is 1. The van der Waals surface area contributed by atoms with Crippen LogP contribution in [-0.4, -0.2) is 32.5 Å². The quantitative estimate of drug-likeness (QED) is 0.621. The molecule has 1 amide bonds. The summed E-state index contributed by atoms with van der Waals surface area (Å²) in [5.41, 5.74) is 6.42. The van der Waals surface area contributed by atoms with Crippen LogP contribution in [0.4, 0.5) is 0 Å².